The van der Waals surface area contributed by atoms with E-state index in [4.69, 9.17) is 32.4 Å². The third kappa shape index (κ3) is 4.29. The van der Waals surface area contributed by atoms with E-state index in [-0.39, 0.29) is 23.2 Å². The maximum absolute atomic E-state index is 13.3. The molecule has 0 atom stereocenters. The van der Waals surface area contributed by atoms with Crippen molar-refractivity contribution in [1.82, 2.24) is 4.98 Å². The summed E-state index contributed by atoms with van der Waals surface area (Å²) in [5, 5.41) is 3.14. The molecule has 0 aliphatic rings. The molecule has 1 N–H and O–H groups in total. The molecule has 0 fully saturated rings. The van der Waals surface area contributed by atoms with Crippen LogP contribution in [0.5, 0.6) is 5.75 Å². The molecule has 8 heteroatoms. The number of amides is 1. The SMILES string of the molecule is O=C(COc1ccc(Cl)c(F)c1)Nc1ncoc1-c1ccc(Cl)cc1. The van der Waals surface area contributed by atoms with Crippen LogP contribution in [-0.4, -0.2) is 17.5 Å². The number of nitrogens with zero attached hydrogens (tertiary/aromatic N) is 1. The van der Waals surface area contributed by atoms with Crippen LogP contribution in [-0.2, 0) is 4.79 Å². The summed E-state index contributed by atoms with van der Waals surface area (Å²) in [5.74, 6) is -0.267. The molecule has 0 aliphatic carbocycles. The number of carbonyl (C=O) groups is 1. The number of ether oxygens (including phenoxy) is 1. The van der Waals surface area contributed by atoms with Crippen molar-refractivity contribution in [2.75, 3.05) is 11.9 Å². The summed E-state index contributed by atoms with van der Waals surface area (Å²) in [7, 11) is 0. The quantitative estimate of drug-likeness (QED) is 0.689. The number of carbonyl (C=O) groups excluding carboxylic acids is 1. The molecule has 1 amide bonds. The van der Waals surface area contributed by atoms with Crippen molar-refractivity contribution in [3.8, 4) is 17.1 Å². The number of nitrogens with one attached hydrogen (secondary N) is 1. The first kappa shape index (κ1) is 17.3. The van der Waals surface area contributed by atoms with Gasteiger partial charge in [0.15, 0.2) is 24.6 Å². The van der Waals surface area contributed by atoms with Gasteiger partial charge in [0, 0.05) is 16.7 Å². The Bertz CT molecular complexity index is 897. The second kappa shape index (κ2) is 7.55. The fourth-order valence-corrected chi connectivity index (χ4v) is 2.27. The Hall–Kier alpha value is -2.57. The minimum absolute atomic E-state index is 0.0213. The van der Waals surface area contributed by atoms with Crippen molar-refractivity contribution in [2.45, 2.75) is 0 Å². The average Bonchev–Trinajstić information content (AvgIpc) is 3.05. The lowest BCUT2D eigenvalue weighted by Crippen LogP contribution is -2.20. The number of anilines is 1. The van der Waals surface area contributed by atoms with E-state index in [1.165, 1.54) is 18.5 Å². The summed E-state index contributed by atoms with van der Waals surface area (Å²) < 4.78 is 23.9. The Morgan fingerprint density at radius 3 is 2.68 bits per heavy atom. The fraction of sp³-hybridized carbons (Fsp3) is 0.0588. The van der Waals surface area contributed by atoms with Gasteiger partial charge in [-0.15, -0.1) is 0 Å². The highest BCUT2D eigenvalue weighted by atomic mass is 35.5. The van der Waals surface area contributed by atoms with E-state index in [1.54, 1.807) is 24.3 Å². The lowest BCUT2D eigenvalue weighted by Gasteiger charge is -2.07. The van der Waals surface area contributed by atoms with E-state index >= 15 is 0 Å². The van der Waals surface area contributed by atoms with Gasteiger partial charge in [-0.2, -0.15) is 4.98 Å². The van der Waals surface area contributed by atoms with Crippen LogP contribution in [0.25, 0.3) is 11.3 Å². The fourth-order valence-electron chi connectivity index (χ4n) is 2.02. The van der Waals surface area contributed by atoms with Crippen LogP contribution in [0.4, 0.5) is 10.2 Å². The highest BCUT2D eigenvalue weighted by Gasteiger charge is 2.14. The van der Waals surface area contributed by atoms with Crippen molar-refractivity contribution < 1.29 is 18.3 Å². The van der Waals surface area contributed by atoms with E-state index in [1.807, 2.05) is 0 Å². The molecule has 25 heavy (non-hydrogen) atoms. The molecule has 5 nitrogen and oxygen atoms in total. The van der Waals surface area contributed by atoms with Crippen molar-refractivity contribution in [1.29, 1.82) is 0 Å². The lowest BCUT2D eigenvalue weighted by atomic mass is 10.2. The van der Waals surface area contributed by atoms with Crippen molar-refractivity contribution >= 4 is 34.9 Å². The summed E-state index contributed by atoms with van der Waals surface area (Å²) >= 11 is 11.4. The van der Waals surface area contributed by atoms with Gasteiger partial charge in [0.05, 0.1) is 5.02 Å². The van der Waals surface area contributed by atoms with Crippen LogP contribution < -0.4 is 10.1 Å². The van der Waals surface area contributed by atoms with E-state index in [9.17, 15) is 9.18 Å². The Morgan fingerprint density at radius 1 is 1.20 bits per heavy atom. The van der Waals surface area contributed by atoms with Crippen LogP contribution in [0.3, 0.4) is 0 Å². The topological polar surface area (TPSA) is 64.4 Å². The van der Waals surface area contributed by atoms with Gasteiger partial charge in [-0.25, -0.2) is 4.39 Å². The van der Waals surface area contributed by atoms with E-state index in [0.29, 0.717) is 16.3 Å². The molecule has 128 valence electrons. The Labute approximate surface area is 152 Å². The zero-order valence-electron chi connectivity index (χ0n) is 12.6. The summed E-state index contributed by atoms with van der Waals surface area (Å²) in [6.45, 7) is -0.325. The van der Waals surface area contributed by atoms with Gasteiger partial charge in [-0.3, -0.25) is 4.79 Å². The summed E-state index contributed by atoms with van der Waals surface area (Å²) in [4.78, 5) is 16.0. The second-order valence-electron chi connectivity index (χ2n) is 4.95. The zero-order chi connectivity index (χ0) is 17.8. The van der Waals surface area contributed by atoms with Gasteiger partial charge in [0.1, 0.15) is 11.6 Å². The number of hydrogen-bond acceptors (Lipinski definition) is 4. The van der Waals surface area contributed by atoms with Crippen LogP contribution >= 0.6 is 23.2 Å². The first-order valence-electron chi connectivity index (χ1n) is 7.10. The number of rotatable bonds is 5. The summed E-state index contributed by atoms with van der Waals surface area (Å²) in [6.07, 6.45) is 1.22. The minimum Gasteiger partial charge on any atom is -0.484 e. The average molecular weight is 381 g/mol. The van der Waals surface area contributed by atoms with E-state index in [0.717, 1.165) is 6.07 Å². The molecule has 3 aromatic rings. The molecule has 0 saturated carbocycles. The molecular formula is C17H11Cl2FN2O3. The van der Waals surface area contributed by atoms with Gasteiger partial charge in [0.2, 0.25) is 0 Å². The van der Waals surface area contributed by atoms with Crippen molar-refractivity contribution in [3.05, 3.63) is 64.7 Å². The predicted octanol–water partition coefficient (Wildman–Crippen LogP) is 4.81. The molecule has 0 spiro atoms. The van der Waals surface area contributed by atoms with Crippen molar-refractivity contribution in [2.24, 2.45) is 0 Å². The normalized spacial score (nSPS) is 10.5. The first-order chi connectivity index (χ1) is 12.0. The number of aromatic nitrogens is 1. The Kier molecular flexibility index (Phi) is 5.21. The molecule has 3 rings (SSSR count). The third-order valence-corrected chi connectivity index (χ3v) is 3.75. The third-order valence-electron chi connectivity index (χ3n) is 3.19. The predicted molar refractivity (Wildman–Crippen MR) is 92.5 cm³/mol. The first-order valence-corrected chi connectivity index (χ1v) is 7.85. The van der Waals surface area contributed by atoms with Crippen LogP contribution in [0.15, 0.2) is 53.3 Å². The van der Waals surface area contributed by atoms with Gasteiger partial charge in [-0.1, -0.05) is 23.2 Å². The molecule has 0 bridgehead atoms. The Balaban J connectivity index is 1.64. The molecule has 0 saturated heterocycles. The monoisotopic (exact) mass is 380 g/mol. The smallest absolute Gasteiger partial charge is 0.263 e. The molecule has 0 unspecified atom stereocenters. The van der Waals surface area contributed by atoms with Gasteiger partial charge >= 0.3 is 0 Å². The van der Waals surface area contributed by atoms with E-state index in [2.05, 4.69) is 10.3 Å². The zero-order valence-corrected chi connectivity index (χ0v) is 14.1. The summed E-state index contributed by atoms with van der Waals surface area (Å²) in [5.41, 5.74) is 0.706. The Morgan fingerprint density at radius 2 is 1.96 bits per heavy atom. The van der Waals surface area contributed by atoms with Crippen LogP contribution in [0, 0.1) is 5.82 Å². The number of halogens is 3. The molecule has 2 aromatic carbocycles. The number of oxazole rings is 1. The highest BCUT2D eigenvalue weighted by Crippen LogP contribution is 2.28. The molecular weight excluding hydrogens is 370 g/mol. The number of hydrogen-bond donors (Lipinski definition) is 1. The molecule has 1 aromatic heterocycles. The van der Waals surface area contributed by atoms with E-state index < -0.39 is 11.7 Å². The van der Waals surface area contributed by atoms with Crippen molar-refractivity contribution in [3.63, 3.8) is 0 Å². The molecule has 0 radical (unpaired) electrons. The minimum atomic E-state index is -0.624. The maximum Gasteiger partial charge on any atom is 0.263 e. The molecule has 1 heterocycles. The number of benzene rings is 2. The van der Waals surface area contributed by atoms with Gasteiger partial charge < -0.3 is 14.5 Å². The molecule has 0 aliphatic heterocycles. The maximum atomic E-state index is 13.3. The van der Waals surface area contributed by atoms with Gasteiger partial charge in [0.25, 0.3) is 5.91 Å². The lowest BCUT2D eigenvalue weighted by molar-refractivity contribution is -0.118. The van der Waals surface area contributed by atoms with Crippen LogP contribution in [0.2, 0.25) is 10.0 Å². The second-order valence-corrected chi connectivity index (χ2v) is 5.79. The summed E-state index contributed by atoms with van der Waals surface area (Å²) in [6, 6.07) is 10.8. The highest BCUT2D eigenvalue weighted by molar-refractivity contribution is 6.31. The largest absolute Gasteiger partial charge is 0.484 e. The van der Waals surface area contributed by atoms with Crippen LogP contribution in [0.1, 0.15) is 0 Å². The standard InChI is InChI=1S/C17H11Cl2FN2O3/c18-11-3-1-10(2-4-11)16-17(21-9-25-16)22-15(23)8-24-12-5-6-13(19)14(20)7-12/h1-7,9H,8H2,(H,22,23). The van der Waals surface area contributed by atoms with Gasteiger partial charge in [-0.05, 0) is 36.4 Å².